The van der Waals surface area contributed by atoms with Gasteiger partial charge in [-0.2, -0.15) is 0 Å². The highest BCUT2D eigenvalue weighted by molar-refractivity contribution is 5.94. The van der Waals surface area contributed by atoms with Gasteiger partial charge in [-0.1, -0.05) is 30.3 Å². The molecule has 0 aliphatic carbocycles. The number of likely N-dealkylation sites (tertiary alicyclic amines) is 1. The fraction of sp³-hybridized carbons (Fsp3) is 0.435. The third-order valence-electron chi connectivity index (χ3n) is 5.00. The minimum absolute atomic E-state index is 0.000755. The van der Waals surface area contributed by atoms with Crippen LogP contribution in [0.4, 0.5) is 0 Å². The van der Waals surface area contributed by atoms with Crippen LogP contribution in [0.15, 0.2) is 48.5 Å². The van der Waals surface area contributed by atoms with Gasteiger partial charge >= 0.3 is 0 Å². The molecule has 3 rings (SSSR count). The third-order valence-corrected chi connectivity index (χ3v) is 5.00. The average molecular weight is 367 g/mol. The fourth-order valence-corrected chi connectivity index (χ4v) is 3.55. The summed E-state index contributed by atoms with van der Waals surface area (Å²) in [5.41, 5.74) is 3.20. The molecule has 0 bridgehead atoms. The number of ether oxygens (including phenoxy) is 1. The summed E-state index contributed by atoms with van der Waals surface area (Å²) >= 11 is 0. The molecule has 0 saturated carbocycles. The Morgan fingerprint density at radius 1 is 1.07 bits per heavy atom. The molecule has 0 atom stereocenters. The number of carbonyl (C=O) groups excluding carboxylic acids is 1. The predicted molar refractivity (Wildman–Crippen MR) is 109 cm³/mol. The number of amides is 1. The predicted octanol–water partition coefficient (Wildman–Crippen LogP) is 4.04. The van der Waals surface area contributed by atoms with E-state index in [1.165, 1.54) is 37.1 Å². The molecule has 4 nitrogen and oxygen atoms in total. The molecular formula is C23H30N2O2. The number of nitrogens with one attached hydrogen (secondary N) is 1. The van der Waals surface area contributed by atoms with E-state index in [-0.39, 0.29) is 5.91 Å². The van der Waals surface area contributed by atoms with Crippen LogP contribution in [0.1, 0.15) is 47.7 Å². The van der Waals surface area contributed by atoms with Crippen LogP contribution in [-0.2, 0) is 13.0 Å². The minimum atomic E-state index is 0.000755. The van der Waals surface area contributed by atoms with Crippen LogP contribution in [-0.4, -0.2) is 37.0 Å². The van der Waals surface area contributed by atoms with Gasteiger partial charge < -0.3 is 10.1 Å². The van der Waals surface area contributed by atoms with Gasteiger partial charge in [-0.15, -0.1) is 0 Å². The molecule has 2 aromatic carbocycles. The lowest BCUT2D eigenvalue weighted by Gasteiger charge is -2.14. The summed E-state index contributed by atoms with van der Waals surface area (Å²) in [6.07, 6.45) is 4.39. The average Bonchev–Trinajstić information content (AvgIpc) is 3.20. The molecule has 1 fully saturated rings. The first kappa shape index (κ1) is 19.4. The van der Waals surface area contributed by atoms with Crippen LogP contribution >= 0.6 is 0 Å². The normalized spacial score (nSPS) is 14.3. The van der Waals surface area contributed by atoms with Gasteiger partial charge in [0.25, 0.3) is 5.91 Å². The Balaban J connectivity index is 1.42. The monoisotopic (exact) mass is 366 g/mol. The molecule has 4 heteroatoms. The van der Waals surface area contributed by atoms with E-state index in [2.05, 4.69) is 28.4 Å². The highest BCUT2D eigenvalue weighted by Gasteiger charge is 2.12. The topological polar surface area (TPSA) is 41.6 Å². The molecule has 0 radical (unpaired) electrons. The number of hydrogen-bond acceptors (Lipinski definition) is 3. The van der Waals surface area contributed by atoms with E-state index < -0.39 is 0 Å². The lowest BCUT2D eigenvalue weighted by atomic mass is 10.1. The van der Waals surface area contributed by atoms with Crippen molar-refractivity contribution in [1.29, 1.82) is 0 Å². The van der Waals surface area contributed by atoms with Crippen molar-refractivity contribution >= 4 is 5.91 Å². The van der Waals surface area contributed by atoms with Crippen LogP contribution in [0.2, 0.25) is 0 Å². The van der Waals surface area contributed by atoms with Gasteiger partial charge in [0.05, 0.1) is 6.61 Å². The summed E-state index contributed by atoms with van der Waals surface area (Å²) in [6, 6.07) is 16.1. The Hall–Kier alpha value is -2.33. The van der Waals surface area contributed by atoms with Crippen LogP contribution in [0.25, 0.3) is 0 Å². The van der Waals surface area contributed by atoms with Crippen LogP contribution < -0.4 is 10.1 Å². The zero-order valence-corrected chi connectivity index (χ0v) is 16.2. The maximum atomic E-state index is 12.3. The molecule has 27 heavy (non-hydrogen) atoms. The first-order chi connectivity index (χ1) is 13.3. The van der Waals surface area contributed by atoms with Gasteiger partial charge in [0.2, 0.25) is 0 Å². The van der Waals surface area contributed by atoms with Crippen LogP contribution in [0.3, 0.4) is 0 Å². The van der Waals surface area contributed by atoms with Crippen molar-refractivity contribution in [1.82, 2.24) is 10.2 Å². The number of benzene rings is 2. The zero-order valence-electron chi connectivity index (χ0n) is 16.2. The largest absolute Gasteiger partial charge is 0.494 e. The molecule has 1 heterocycles. The molecular weight excluding hydrogens is 336 g/mol. The molecule has 1 aliphatic heterocycles. The molecule has 1 saturated heterocycles. The second-order valence-corrected chi connectivity index (χ2v) is 7.08. The number of carbonyl (C=O) groups is 1. The Morgan fingerprint density at radius 3 is 2.56 bits per heavy atom. The number of rotatable bonds is 9. The quantitative estimate of drug-likeness (QED) is 0.681. The Kier molecular flexibility index (Phi) is 7.28. The van der Waals surface area contributed by atoms with E-state index in [9.17, 15) is 4.79 Å². The summed E-state index contributed by atoms with van der Waals surface area (Å²) < 4.78 is 5.65. The van der Waals surface area contributed by atoms with Crippen molar-refractivity contribution in [2.24, 2.45) is 0 Å². The van der Waals surface area contributed by atoms with Gasteiger partial charge in [-0.3, -0.25) is 9.69 Å². The van der Waals surface area contributed by atoms with Crippen molar-refractivity contribution in [3.05, 3.63) is 65.2 Å². The highest BCUT2D eigenvalue weighted by atomic mass is 16.5. The van der Waals surface area contributed by atoms with Crippen molar-refractivity contribution < 1.29 is 9.53 Å². The first-order valence-corrected chi connectivity index (χ1v) is 10.1. The SMILES string of the molecule is CCOc1ccccc1CCCNC(=O)c1ccc(CN2CCCC2)cc1. The second-order valence-electron chi connectivity index (χ2n) is 7.08. The van der Waals surface area contributed by atoms with Crippen molar-refractivity contribution in [3.8, 4) is 5.75 Å². The second kappa shape index (κ2) is 10.1. The Bertz CT molecular complexity index is 721. The smallest absolute Gasteiger partial charge is 0.251 e. The summed E-state index contributed by atoms with van der Waals surface area (Å²) in [4.78, 5) is 14.8. The molecule has 0 spiro atoms. The highest BCUT2D eigenvalue weighted by Crippen LogP contribution is 2.19. The third kappa shape index (κ3) is 5.83. The maximum Gasteiger partial charge on any atom is 0.251 e. The van der Waals surface area contributed by atoms with E-state index in [0.29, 0.717) is 13.2 Å². The van der Waals surface area contributed by atoms with E-state index >= 15 is 0 Å². The minimum Gasteiger partial charge on any atom is -0.494 e. The Morgan fingerprint density at radius 2 is 1.81 bits per heavy atom. The lowest BCUT2D eigenvalue weighted by Crippen LogP contribution is -2.25. The number of aryl methyl sites for hydroxylation is 1. The fourth-order valence-electron chi connectivity index (χ4n) is 3.55. The lowest BCUT2D eigenvalue weighted by molar-refractivity contribution is 0.0953. The molecule has 2 aromatic rings. The number of para-hydroxylation sites is 1. The Labute approximate surface area is 162 Å². The van der Waals surface area contributed by atoms with Gasteiger partial charge in [0.15, 0.2) is 0 Å². The van der Waals surface area contributed by atoms with Crippen molar-refractivity contribution in [3.63, 3.8) is 0 Å². The summed E-state index contributed by atoms with van der Waals surface area (Å²) in [5.74, 6) is 0.945. The van der Waals surface area contributed by atoms with Gasteiger partial charge in [0, 0.05) is 18.7 Å². The summed E-state index contributed by atoms with van der Waals surface area (Å²) in [5, 5.41) is 3.02. The summed E-state index contributed by atoms with van der Waals surface area (Å²) in [7, 11) is 0. The van der Waals surface area contributed by atoms with Gasteiger partial charge in [-0.05, 0) is 75.0 Å². The van der Waals surface area contributed by atoms with E-state index in [1.807, 2.05) is 37.3 Å². The van der Waals surface area contributed by atoms with E-state index in [0.717, 1.165) is 30.7 Å². The molecule has 1 amide bonds. The van der Waals surface area contributed by atoms with Crippen LogP contribution in [0, 0.1) is 0 Å². The van der Waals surface area contributed by atoms with Gasteiger partial charge in [-0.25, -0.2) is 0 Å². The van der Waals surface area contributed by atoms with E-state index in [4.69, 9.17) is 4.74 Å². The standard InChI is InChI=1S/C23H30N2O2/c1-2-27-22-10-4-3-8-20(22)9-7-15-24-23(26)21-13-11-19(12-14-21)18-25-16-5-6-17-25/h3-4,8,10-14H,2,5-7,9,15-18H2,1H3,(H,24,26). The van der Waals surface area contributed by atoms with Crippen molar-refractivity contribution in [2.75, 3.05) is 26.2 Å². The zero-order chi connectivity index (χ0) is 18.9. The molecule has 0 unspecified atom stereocenters. The van der Waals surface area contributed by atoms with Crippen molar-refractivity contribution in [2.45, 2.75) is 39.2 Å². The first-order valence-electron chi connectivity index (χ1n) is 10.1. The molecule has 144 valence electrons. The molecule has 1 aliphatic rings. The molecule has 1 N–H and O–H groups in total. The maximum absolute atomic E-state index is 12.3. The van der Waals surface area contributed by atoms with Gasteiger partial charge in [0.1, 0.15) is 5.75 Å². The number of nitrogens with zero attached hydrogens (tertiary/aromatic N) is 1. The summed E-state index contributed by atoms with van der Waals surface area (Å²) in [6.45, 7) is 6.69. The molecule has 0 aromatic heterocycles. The number of hydrogen-bond donors (Lipinski definition) is 1. The van der Waals surface area contributed by atoms with Crippen LogP contribution in [0.5, 0.6) is 5.75 Å². The van der Waals surface area contributed by atoms with E-state index in [1.54, 1.807) is 0 Å².